The van der Waals surface area contributed by atoms with Gasteiger partial charge in [-0.05, 0) is 38.0 Å². The first-order valence-electron chi connectivity index (χ1n) is 7.64. The second kappa shape index (κ2) is 4.96. The molecule has 6 heteroatoms. The van der Waals surface area contributed by atoms with E-state index in [0.717, 1.165) is 18.4 Å². The van der Waals surface area contributed by atoms with Crippen LogP contribution in [0.3, 0.4) is 0 Å². The Bertz CT molecular complexity index is 878. The summed E-state index contributed by atoms with van der Waals surface area (Å²) in [5.41, 5.74) is 2.62. The Kier molecular flexibility index (Phi) is 3.13. The Balaban J connectivity index is 1.80. The van der Waals surface area contributed by atoms with E-state index < -0.39 is 10.2 Å². The zero-order valence-corrected chi connectivity index (χ0v) is 13.6. The molecule has 0 unspecified atom stereocenters. The fourth-order valence-electron chi connectivity index (χ4n) is 3.06. The quantitative estimate of drug-likeness (QED) is 0.865. The van der Waals surface area contributed by atoms with Crippen molar-refractivity contribution in [2.45, 2.75) is 32.4 Å². The fraction of sp³-hybridized carbons (Fsp3) is 0.294. The Labute approximate surface area is 135 Å². The molecule has 0 spiro atoms. The van der Waals surface area contributed by atoms with Gasteiger partial charge in [0.25, 0.3) is 0 Å². The normalized spacial score (nSPS) is 19.0. The molecular weight excluding hydrogens is 315 g/mol. The minimum atomic E-state index is -3.65. The topological polar surface area (TPSA) is 40.6 Å². The lowest BCUT2D eigenvalue weighted by molar-refractivity contribution is 0.584. The third-order valence-electron chi connectivity index (χ3n) is 4.31. The Morgan fingerprint density at radius 3 is 2.52 bits per heavy atom. The molecule has 2 aliphatic rings. The first-order valence-corrected chi connectivity index (χ1v) is 9.04. The Morgan fingerprint density at radius 2 is 1.83 bits per heavy atom. The van der Waals surface area contributed by atoms with E-state index in [0.29, 0.717) is 16.9 Å². The Morgan fingerprint density at radius 1 is 1.13 bits per heavy atom. The molecule has 0 N–H and O–H groups in total. The molecule has 1 saturated carbocycles. The first-order chi connectivity index (χ1) is 11.0. The third kappa shape index (κ3) is 2.28. The van der Waals surface area contributed by atoms with E-state index in [-0.39, 0.29) is 18.4 Å². The van der Waals surface area contributed by atoms with Gasteiger partial charge in [0.15, 0.2) is 0 Å². The number of anilines is 2. The summed E-state index contributed by atoms with van der Waals surface area (Å²) in [7, 11) is -3.65. The molecule has 0 atom stereocenters. The van der Waals surface area contributed by atoms with Gasteiger partial charge in [-0.2, -0.15) is 8.42 Å². The predicted molar refractivity (Wildman–Crippen MR) is 88.2 cm³/mol. The van der Waals surface area contributed by atoms with Gasteiger partial charge in [0.1, 0.15) is 5.82 Å². The average Bonchev–Trinajstić information content (AvgIpc) is 3.30. The molecule has 1 heterocycles. The van der Waals surface area contributed by atoms with Crippen LogP contribution in [0.2, 0.25) is 0 Å². The molecule has 0 aromatic heterocycles. The molecule has 120 valence electrons. The van der Waals surface area contributed by atoms with Crippen LogP contribution in [0, 0.1) is 12.7 Å². The predicted octanol–water partition coefficient (Wildman–Crippen LogP) is 3.37. The smallest absolute Gasteiger partial charge is 0.248 e. The van der Waals surface area contributed by atoms with Gasteiger partial charge in [0.2, 0.25) is 0 Å². The fourth-order valence-corrected chi connectivity index (χ4v) is 4.96. The van der Waals surface area contributed by atoms with Crippen molar-refractivity contribution in [2.24, 2.45) is 0 Å². The van der Waals surface area contributed by atoms with Crippen molar-refractivity contribution in [3.05, 3.63) is 59.4 Å². The lowest BCUT2D eigenvalue weighted by atomic mass is 10.1. The molecule has 1 aliphatic carbocycles. The zero-order valence-electron chi connectivity index (χ0n) is 12.7. The zero-order chi connectivity index (χ0) is 16.2. The molecule has 0 amide bonds. The summed E-state index contributed by atoms with van der Waals surface area (Å²) in [6, 6.07) is 12.0. The second-order valence-electron chi connectivity index (χ2n) is 6.12. The lowest BCUT2D eigenvalue weighted by Gasteiger charge is -2.22. The summed E-state index contributed by atoms with van der Waals surface area (Å²) in [5, 5.41) is 0. The maximum absolute atomic E-state index is 14.1. The highest BCUT2D eigenvalue weighted by atomic mass is 32.2. The van der Waals surface area contributed by atoms with E-state index >= 15 is 0 Å². The van der Waals surface area contributed by atoms with E-state index in [2.05, 4.69) is 0 Å². The molecule has 23 heavy (non-hydrogen) atoms. The highest BCUT2D eigenvalue weighted by Crippen LogP contribution is 2.47. The van der Waals surface area contributed by atoms with Crippen molar-refractivity contribution >= 4 is 21.6 Å². The molecule has 1 fully saturated rings. The number of halogens is 1. The molecule has 2 aromatic rings. The number of hydrogen-bond donors (Lipinski definition) is 0. The molecule has 1 aliphatic heterocycles. The van der Waals surface area contributed by atoms with E-state index in [1.54, 1.807) is 18.2 Å². The van der Waals surface area contributed by atoms with Gasteiger partial charge in [-0.3, -0.25) is 0 Å². The van der Waals surface area contributed by atoms with E-state index in [4.69, 9.17) is 0 Å². The molecule has 0 saturated heterocycles. The molecule has 0 radical (unpaired) electrons. The lowest BCUT2D eigenvalue weighted by Crippen LogP contribution is -2.39. The SMILES string of the molecule is Cc1ccc(F)c(CN2c3ccccc3N(C3CC3)S2(=O)=O)c1. The van der Waals surface area contributed by atoms with Crippen LogP contribution in [0.5, 0.6) is 0 Å². The molecule has 4 nitrogen and oxygen atoms in total. The third-order valence-corrected chi connectivity index (χ3v) is 6.18. The van der Waals surface area contributed by atoms with Crippen molar-refractivity contribution in [3.63, 3.8) is 0 Å². The van der Waals surface area contributed by atoms with Gasteiger partial charge in [-0.1, -0.05) is 29.8 Å². The van der Waals surface area contributed by atoms with Crippen molar-refractivity contribution in [2.75, 3.05) is 8.61 Å². The number of hydrogen-bond acceptors (Lipinski definition) is 2. The monoisotopic (exact) mass is 332 g/mol. The van der Waals surface area contributed by atoms with Gasteiger partial charge < -0.3 is 0 Å². The molecule has 4 rings (SSSR count). The maximum Gasteiger partial charge on any atom is 0.327 e. The molecule has 2 aromatic carbocycles. The number of para-hydroxylation sites is 2. The minimum absolute atomic E-state index is 0.0100. The first kappa shape index (κ1) is 14.5. The van der Waals surface area contributed by atoms with Crippen LogP contribution in [0.4, 0.5) is 15.8 Å². The van der Waals surface area contributed by atoms with Crippen molar-refractivity contribution < 1.29 is 12.8 Å². The maximum atomic E-state index is 14.1. The van der Waals surface area contributed by atoms with E-state index in [9.17, 15) is 12.8 Å². The van der Waals surface area contributed by atoms with Crippen LogP contribution < -0.4 is 8.61 Å². The van der Waals surface area contributed by atoms with Crippen molar-refractivity contribution in [1.29, 1.82) is 0 Å². The summed E-state index contributed by atoms with van der Waals surface area (Å²) in [4.78, 5) is 0. The van der Waals surface area contributed by atoms with E-state index in [1.165, 1.54) is 14.7 Å². The summed E-state index contributed by atoms with van der Waals surface area (Å²) >= 11 is 0. The van der Waals surface area contributed by atoms with Gasteiger partial charge in [0.05, 0.1) is 17.9 Å². The van der Waals surface area contributed by atoms with Crippen molar-refractivity contribution in [1.82, 2.24) is 0 Å². The minimum Gasteiger partial charge on any atom is -0.248 e. The second-order valence-corrected chi connectivity index (χ2v) is 7.85. The Hall–Kier alpha value is -2.08. The highest BCUT2D eigenvalue weighted by molar-refractivity contribution is 7.94. The van der Waals surface area contributed by atoms with Crippen LogP contribution in [-0.2, 0) is 16.8 Å². The van der Waals surface area contributed by atoms with Gasteiger partial charge >= 0.3 is 10.2 Å². The largest absolute Gasteiger partial charge is 0.327 e. The highest BCUT2D eigenvalue weighted by Gasteiger charge is 2.47. The van der Waals surface area contributed by atoms with Crippen LogP contribution in [0.15, 0.2) is 42.5 Å². The average molecular weight is 332 g/mol. The van der Waals surface area contributed by atoms with Gasteiger partial charge in [-0.15, -0.1) is 0 Å². The van der Waals surface area contributed by atoms with E-state index in [1.807, 2.05) is 25.1 Å². The number of benzene rings is 2. The van der Waals surface area contributed by atoms with Crippen LogP contribution in [-0.4, -0.2) is 14.5 Å². The summed E-state index contributed by atoms with van der Waals surface area (Å²) in [5.74, 6) is -0.381. The van der Waals surface area contributed by atoms with Gasteiger partial charge in [0, 0.05) is 11.6 Å². The number of fused-ring (bicyclic) bond motifs is 1. The summed E-state index contributed by atoms with van der Waals surface area (Å²) < 4.78 is 42.8. The molecule has 0 bridgehead atoms. The van der Waals surface area contributed by atoms with Gasteiger partial charge in [-0.25, -0.2) is 13.0 Å². The summed E-state index contributed by atoms with van der Waals surface area (Å²) in [6.45, 7) is 1.88. The van der Waals surface area contributed by atoms with Crippen LogP contribution in [0.25, 0.3) is 0 Å². The van der Waals surface area contributed by atoms with Crippen LogP contribution in [0.1, 0.15) is 24.0 Å². The van der Waals surface area contributed by atoms with Crippen molar-refractivity contribution in [3.8, 4) is 0 Å². The standard InChI is InChI=1S/C17H17FN2O2S/c1-12-6-9-15(18)13(10-12)11-19-16-4-2-3-5-17(16)20(14-7-8-14)23(19,21)22/h2-6,9-10,14H,7-8,11H2,1H3. The summed E-state index contributed by atoms with van der Waals surface area (Å²) in [6.07, 6.45) is 1.75. The number of rotatable bonds is 3. The molecular formula is C17H17FN2O2S. The number of nitrogens with zero attached hydrogens (tertiary/aromatic N) is 2. The number of aryl methyl sites for hydroxylation is 1. The van der Waals surface area contributed by atoms with Crippen LogP contribution >= 0.6 is 0 Å².